The zero-order valence-electron chi connectivity index (χ0n) is 14.3. The largest absolute Gasteiger partial charge is 0.403 e. The number of aryl methyl sites for hydroxylation is 1. The van der Waals surface area contributed by atoms with Crippen molar-refractivity contribution in [2.75, 3.05) is 13.1 Å². The zero-order chi connectivity index (χ0) is 19.1. The van der Waals surface area contributed by atoms with Crippen LogP contribution in [-0.2, 0) is 10.0 Å². The zero-order valence-corrected chi connectivity index (χ0v) is 16.7. The van der Waals surface area contributed by atoms with Crippen LogP contribution < -0.4 is 5.63 Å². The molecule has 0 saturated heterocycles. The maximum Gasteiger partial charge on any atom is 0.349 e. The summed E-state index contributed by atoms with van der Waals surface area (Å²) >= 11 is 7.29. The molecule has 0 atom stereocenters. The van der Waals surface area contributed by atoms with Crippen molar-refractivity contribution in [2.45, 2.75) is 25.7 Å². The molecule has 0 saturated carbocycles. The van der Waals surface area contributed by atoms with E-state index in [-0.39, 0.29) is 21.4 Å². The number of rotatable bonds is 5. The van der Waals surface area contributed by atoms with Crippen LogP contribution in [0.5, 0.6) is 0 Å². The van der Waals surface area contributed by atoms with E-state index in [1.807, 2.05) is 0 Å². The van der Waals surface area contributed by atoms with Gasteiger partial charge in [0.15, 0.2) is 4.83 Å². The summed E-state index contributed by atoms with van der Waals surface area (Å²) in [5.74, 6) is -0.0345. The summed E-state index contributed by atoms with van der Waals surface area (Å²) in [6.45, 7) is 5.91. The molecule has 0 amide bonds. The molecule has 0 aliphatic heterocycles. The lowest BCUT2D eigenvalue weighted by molar-refractivity contribution is 0.445. The summed E-state index contributed by atoms with van der Waals surface area (Å²) in [5, 5.41) is 0.557. The van der Waals surface area contributed by atoms with Gasteiger partial charge in [-0.2, -0.15) is 13.7 Å². The lowest BCUT2D eigenvalue weighted by Crippen LogP contribution is -2.30. The molecule has 2 heterocycles. The summed E-state index contributed by atoms with van der Waals surface area (Å²) in [6.07, 6.45) is 0. The number of nitrogens with zero attached hydrogens (tertiary/aromatic N) is 3. The van der Waals surface area contributed by atoms with Crippen LogP contribution in [0.25, 0.3) is 21.7 Å². The van der Waals surface area contributed by atoms with Gasteiger partial charge in [-0.1, -0.05) is 25.4 Å². The maximum atomic E-state index is 12.7. The number of benzene rings is 1. The third-order valence-corrected chi connectivity index (χ3v) is 7.16. The molecule has 0 aliphatic carbocycles. The predicted octanol–water partition coefficient (Wildman–Crippen LogP) is 3.30. The second-order valence-corrected chi connectivity index (χ2v) is 8.58. The van der Waals surface area contributed by atoms with Gasteiger partial charge in [-0.25, -0.2) is 13.2 Å². The average molecular weight is 414 g/mol. The van der Waals surface area contributed by atoms with Gasteiger partial charge in [0, 0.05) is 13.1 Å². The Morgan fingerprint density at radius 3 is 2.62 bits per heavy atom. The van der Waals surface area contributed by atoms with Gasteiger partial charge in [0.1, 0.15) is 5.39 Å². The molecule has 0 bridgehead atoms. The SMILES string of the molecule is CCN(CC)S(=O)(=O)c1ccc(Cl)c(-c2nc3snc(C)c3c(=O)o2)c1. The van der Waals surface area contributed by atoms with Crippen molar-refractivity contribution in [3.05, 3.63) is 39.3 Å². The molecule has 0 aliphatic rings. The Morgan fingerprint density at radius 1 is 1.27 bits per heavy atom. The summed E-state index contributed by atoms with van der Waals surface area (Å²) in [6, 6.07) is 4.25. The summed E-state index contributed by atoms with van der Waals surface area (Å²) in [7, 11) is -3.68. The van der Waals surface area contributed by atoms with E-state index in [0.717, 1.165) is 11.5 Å². The molecule has 2 aromatic heterocycles. The van der Waals surface area contributed by atoms with Gasteiger partial charge in [0.2, 0.25) is 15.9 Å². The Hall–Kier alpha value is -1.81. The van der Waals surface area contributed by atoms with E-state index in [9.17, 15) is 13.2 Å². The van der Waals surface area contributed by atoms with Gasteiger partial charge in [0.25, 0.3) is 0 Å². The number of halogens is 1. The van der Waals surface area contributed by atoms with E-state index in [4.69, 9.17) is 16.0 Å². The molecule has 10 heteroatoms. The molecule has 138 valence electrons. The minimum Gasteiger partial charge on any atom is -0.403 e. The normalized spacial score (nSPS) is 12.2. The Balaban J connectivity index is 2.19. The third-order valence-electron chi connectivity index (χ3n) is 3.95. The first-order chi connectivity index (χ1) is 12.3. The summed E-state index contributed by atoms with van der Waals surface area (Å²) in [5.41, 5.74) is 0.205. The van der Waals surface area contributed by atoms with Crippen molar-refractivity contribution >= 4 is 43.4 Å². The maximum absolute atomic E-state index is 12.7. The number of aromatic nitrogens is 2. The molecule has 0 N–H and O–H groups in total. The van der Waals surface area contributed by atoms with Crippen molar-refractivity contribution in [3.63, 3.8) is 0 Å². The van der Waals surface area contributed by atoms with Crippen LogP contribution in [0.3, 0.4) is 0 Å². The molecular formula is C16H16ClN3O4S2. The van der Waals surface area contributed by atoms with E-state index in [0.29, 0.717) is 29.0 Å². The highest BCUT2D eigenvalue weighted by Crippen LogP contribution is 2.31. The molecule has 3 aromatic rings. The summed E-state index contributed by atoms with van der Waals surface area (Å²) < 4.78 is 36.2. The minimum absolute atomic E-state index is 0.0345. The van der Waals surface area contributed by atoms with E-state index < -0.39 is 15.6 Å². The molecule has 26 heavy (non-hydrogen) atoms. The Kier molecular flexibility index (Phi) is 5.16. The van der Waals surface area contributed by atoms with Gasteiger partial charge in [-0.15, -0.1) is 0 Å². The fraction of sp³-hybridized carbons (Fsp3) is 0.312. The average Bonchev–Trinajstić information content (AvgIpc) is 2.97. The molecule has 1 aromatic carbocycles. The second kappa shape index (κ2) is 7.07. The fourth-order valence-electron chi connectivity index (χ4n) is 2.58. The molecule has 0 radical (unpaired) electrons. The minimum atomic E-state index is -3.68. The Bertz CT molecular complexity index is 1130. The van der Waals surface area contributed by atoms with Crippen molar-refractivity contribution in [1.82, 2.24) is 13.7 Å². The lowest BCUT2D eigenvalue weighted by Gasteiger charge is -2.18. The highest BCUT2D eigenvalue weighted by molar-refractivity contribution is 7.89. The third kappa shape index (κ3) is 3.16. The number of hydrogen-bond donors (Lipinski definition) is 0. The standard InChI is InChI=1S/C16H16ClN3O4S2/c1-4-20(5-2)26(22,23)10-6-7-12(17)11(8-10)14-18-15-13(16(21)24-14)9(3)19-25-15/h6-8H,4-5H2,1-3H3. The van der Waals surface area contributed by atoms with Crippen LogP contribution in [0.15, 0.2) is 32.3 Å². The number of sulfonamides is 1. The lowest BCUT2D eigenvalue weighted by atomic mass is 10.2. The van der Waals surface area contributed by atoms with Crippen LogP contribution in [0, 0.1) is 6.92 Å². The second-order valence-electron chi connectivity index (χ2n) is 5.49. The number of hydrogen-bond acceptors (Lipinski definition) is 7. The van der Waals surface area contributed by atoms with Crippen LogP contribution in [0.4, 0.5) is 0 Å². The molecular weight excluding hydrogens is 398 g/mol. The van der Waals surface area contributed by atoms with Crippen LogP contribution in [-0.4, -0.2) is 35.2 Å². The van der Waals surface area contributed by atoms with Crippen molar-refractivity contribution in [2.24, 2.45) is 0 Å². The molecule has 0 fully saturated rings. The van der Waals surface area contributed by atoms with Gasteiger partial charge >= 0.3 is 5.63 Å². The highest BCUT2D eigenvalue weighted by Gasteiger charge is 2.24. The molecule has 7 nitrogen and oxygen atoms in total. The van der Waals surface area contributed by atoms with Gasteiger partial charge in [0.05, 0.1) is 21.2 Å². The highest BCUT2D eigenvalue weighted by atomic mass is 35.5. The molecule has 3 rings (SSSR count). The van der Waals surface area contributed by atoms with Crippen molar-refractivity contribution in [3.8, 4) is 11.5 Å². The van der Waals surface area contributed by atoms with E-state index in [2.05, 4.69) is 9.36 Å². The first kappa shape index (κ1) is 19.0. The quantitative estimate of drug-likeness (QED) is 0.637. The van der Waals surface area contributed by atoms with Crippen LogP contribution in [0.1, 0.15) is 19.5 Å². The Morgan fingerprint density at radius 2 is 1.96 bits per heavy atom. The van der Waals surface area contributed by atoms with Crippen LogP contribution >= 0.6 is 23.1 Å². The van der Waals surface area contributed by atoms with Gasteiger partial charge in [-0.05, 0) is 36.7 Å². The van der Waals surface area contributed by atoms with E-state index >= 15 is 0 Å². The Labute approximate surface area is 159 Å². The first-order valence-corrected chi connectivity index (χ1v) is 10.5. The predicted molar refractivity (Wildman–Crippen MR) is 101 cm³/mol. The van der Waals surface area contributed by atoms with Crippen LogP contribution in [0.2, 0.25) is 5.02 Å². The number of fused-ring (bicyclic) bond motifs is 1. The first-order valence-electron chi connectivity index (χ1n) is 7.86. The van der Waals surface area contributed by atoms with Crippen molar-refractivity contribution < 1.29 is 12.8 Å². The topological polar surface area (TPSA) is 93.4 Å². The molecule has 0 spiro atoms. The van der Waals surface area contributed by atoms with Crippen molar-refractivity contribution in [1.29, 1.82) is 0 Å². The summed E-state index contributed by atoms with van der Waals surface area (Å²) in [4.78, 5) is 17.0. The van der Waals surface area contributed by atoms with Gasteiger partial charge in [-0.3, -0.25) is 0 Å². The van der Waals surface area contributed by atoms with Gasteiger partial charge < -0.3 is 4.42 Å². The van der Waals surface area contributed by atoms with E-state index in [1.165, 1.54) is 22.5 Å². The fourth-order valence-corrected chi connectivity index (χ4v) is 5.02. The monoisotopic (exact) mass is 413 g/mol. The smallest absolute Gasteiger partial charge is 0.349 e. The van der Waals surface area contributed by atoms with E-state index in [1.54, 1.807) is 20.8 Å². The molecule has 0 unspecified atom stereocenters.